The first-order chi connectivity index (χ1) is 10.1. The number of hydrogen-bond donors (Lipinski definition) is 2. The van der Waals surface area contributed by atoms with Crippen LogP contribution in [-0.4, -0.2) is 73.7 Å². The Morgan fingerprint density at radius 3 is 2.33 bits per heavy atom. The standard InChI is InChI=1S/C15H24N4O2/c1-17(14-4-2-13(16)3-5-14)15(21)12-19-8-6-18(7-9-19)10-11-20/h2-5,20H,6-12,16H2,1H3. The number of anilines is 2. The Bertz CT molecular complexity index is 455. The maximum atomic E-state index is 12.3. The first kappa shape index (κ1) is 15.8. The number of carbonyl (C=O) groups excluding carboxylic acids is 1. The number of nitrogens with two attached hydrogens (primary N) is 1. The second kappa shape index (κ2) is 7.40. The van der Waals surface area contributed by atoms with Gasteiger partial charge in [0, 0.05) is 51.1 Å². The van der Waals surface area contributed by atoms with Gasteiger partial charge in [-0.15, -0.1) is 0 Å². The van der Waals surface area contributed by atoms with Crippen molar-refractivity contribution >= 4 is 17.3 Å². The highest BCUT2D eigenvalue weighted by atomic mass is 16.3. The summed E-state index contributed by atoms with van der Waals surface area (Å²) in [5.41, 5.74) is 7.20. The largest absolute Gasteiger partial charge is 0.399 e. The van der Waals surface area contributed by atoms with E-state index < -0.39 is 0 Å². The van der Waals surface area contributed by atoms with Crippen LogP contribution in [-0.2, 0) is 4.79 Å². The van der Waals surface area contributed by atoms with Gasteiger partial charge in [-0.3, -0.25) is 14.6 Å². The van der Waals surface area contributed by atoms with Gasteiger partial charge < -0.3 is 15.7 Å². The number of aliphatic hydroxyl groups is 1. The summed E-state index contributed by atoms with van der Waals surface area (Å²) in [6.07, 6.45) is 0. The summed E-state index contributed by atoms with van der Waals surface area (Å²) >= 11 is 0. The van der Waals surface area contributed by atoms with Gasteiger partial charge in [0.1, 0.15) is 0 Å². The fourth-order valence-electron chi connectivity index (χ4n) is 2.45. The van der Waals surface area contributed by atoms with Crippen LogP contribution in [0.2, 0.25) is 0 Å². The molecule has 1 amide bonds. The molecule has 1 aromatic carbocycles. The molecule has 0 spiro atoms. The van der Waals surface area contributed by atoms with Crippen LogP contribution >= 0.6 is 0 Å². The van der Waals surface area contributed by atoms with Crippen molar-refractivity contribution in [1.29, 1.82) is 0 Å². The quantitative estimate of drug-likeness (QED) is 0.738. The van der Waals surface area contributed by atoms with Crippen LogP contribution in [0.15, 0.2) is 24.3 Å². The van der Waals surface area contributed by atoms with Crippen molar-refractivity contribution in [2.45, 2.75) is 0 Å². The molecule has 3 N–H and O–H groups in total. The number of rotatable bonds is 5. The number of nitrogen functional groups attached to an aromatic ring is 1. The van der Waals surface area contributed by atoms with Gasteiger partial charge in [0.05, 0.1) is 13.2 Å². The van der Waals surface area contributed by atoms with E-state index in [1.807, 2.05) is 12.1 Å². The molecule has 1 aliphatic rings. The van der Waals surface area contributed by atoms with E-state index in [2.05, 4.69) is 9.80 Å². The van der Waals surface area contributed by atoms with Crippen molar-refractivity contribution in [2.75, 3.05) is 63.6 Å². The van der Waals surface area contributed by atoms with Crippen molar-refractivity contribution in [3.8, 4) is 0 Å². The summed E-state index contributed by atoms with van der Waals surface area (Å²) < 4.78 is 0. The van der Waals surface area contributed by atoms with Gasteiger partial charge in [0.15, 0.2) is 0 Å². The number of hydrogen-bond acceptors (Lipinski definition) is 5. The molecule has 0 unspecified atom stereocenters. The van der Waals surface area contributed by atoms with Crippen LogP contribution < -0.4 is 10.6 Å². The van der Waals surface area contributed by atoms with Gasteiger partial charge in [-0.2, -0.15) is 0 Å². The summed E-state index contributed by atoms with van der Waals surface area (Å²) in [4.78, 5) is 18.3. The molecule has 6 heteroatoms. The van der Waals surface area contributed by atoms with E-state index >= 15 is 0 Å². The zero-order valence-corrected chi connectivity index (χ0v) is 12.5. The molecule has 21 heavy (non-hydrogen) atoms. The van der Waals surface area contributed by atoms with E-state index in [4.69, 9.17) is 10.8 Å². The summed E-state index contributed by atoms with van der Waals surface area (Å²) in [5.74, 6) is 0.0791. The molecule has 1 aliphatic heterocycles. The Kier molecular flexibility index (Phi) is 5.55. The molecule has 0 atom stereocenters. The predicted molar refractivity (Wildman–Crippen MR) is 84.2 cm³/mol. The van der Waals surface area contributed by atoms with E-state index in [-0.39, 0.29) is 12.5 Å². The lowest BCUT2D eigenvalue weighted by atomic mass is 10.2. The maximum absolute atomic E-state index is 12.3. The fourth-order valence-corrected chi connectivity index (χ4v) is 2.45. The second-order valence-corrected chi connectivity index (χ2v) is 5.39. The smallest absolute Gasteiger partial charge is 0.240 e. The Hall–Kier alpha value is -1.63. The normalized spacial score (nSPS) is 16.9. The Labute approximate surface area is 125 Å². The molecule has 1 aromatic rings. The molecule has 2 rings (SSSR count). The predicted octanol–water partition coefficient (Wildman–Crippen LogP) is -0.158. The highest BCUT2D eigenvalue weighted by Crippen LogP contribution is 2.15. The van der Waals surface area contributed by atoms with Crippen LogP contribution in [0, 0.1) is 0 Å². The van der Waals surface area contributed by atoms with Gasteiger partial charge in [-0.1, -0.05) is 0 Å². The lowest BCUT2D eigenvalue weighted by molar-refractivity contribution is -0.119. The van der Waals surface area contributed by atoms with Crippen LogP contribution in [0.3, 0.4) is 0 Å². The fraction of sp³-hybridized carbons (Fsp3) is 0.533. The van der Waals surface area contributed by atoms with Crippen molar-refractivity contribution in [3.05, 3.63) is 24.3 Å². The minimum atomic E-state index is 0.0791. The second-order valence-electron chi connectivity index (χ2n) is 5.39. The molecule has 116 valence electrons. The summed E-state index contributed by atoms with van der Waals surface area (Å²) in [6, 6.07) is 7.30. The number of likely N-dealkylation sites (N-methyl/N-ethyl adjacent to an activating group) is 1. The highest BCUT2D eigenvalue weighted by Gasteiger charge is 2.20. The molecule has 0 saturated carbocycles. The van der Waals surface area contributed by atoms with Crippen molar-refractivity contribution in [3.63, 3.8) is 0 Å². The number of aliphatic hydroxyl groups excluding tert-OH is 1. The SMILES string of the molecule is CN(C(=O)CN1CCN(CCO)CC1)c1ccc(N)cc1. The van der Waals surface area contributed by atoms with Gasteiger partial charge in [0.2, 0.25) is 5.91 Å². The first-order valence-electron chi connectivity index (χ1n) is 7.28. The van der Waals surface area contributed by atoms with Crippen LogP contribution in [0.25, 0.3) is 0 Å². The minimum Gasteiger partial charge on any atom is -0.399 e. The topological polar surface area (TPSA) is 73.0 Å². The summed E-state index contributed by atoms with van der Waals surface area (Å²) in [6.45, 7) is 4.86. The molecule has 1 saturated heterocycles. The van der Waals surface area contributed by atoms with Crippen molar-refractivity contribution in [1.82, 2.24) is 9.80 Å². The lowest BCUT2D eigenvalue weighted by Gasteiger charge is -2.34. The molecule has 6 nitrogen and oxygen atoms in total. The third-order valence-electron chi connectivity index (χ3n) is 3.89. The zero-order chi connectivity index (χ0) is 15.2. The third kappa shape index (κ3) is 4.42. The molecular weight excluding hydrogens is 268 g/mol. The van der Waals surface area contributed by atoms with E-state index in [9.17, 15) is 4.79 Å². The summed E-state index contributed by atoms with van der Waals surface area (Å²) in [5, 5.41) is 8.92. The average Bonchev–Trinajstić information content (AvgIpc) is 2.49. The molecule has 0 bridgehead atoms. The van der Waals surface area contributed by atoms with E-state index in [0.717, 1.165) is 31.9 Å². The molecule has 0 radical (unpaired) electrons. The van der Waals surface area contributed by atoms with E-state index in [1.165, 1.54) is 0 Å². The summed E-state index contributed by atoms with van der Waals surface area (Å²) in [7, 11) is 1.79. The number of nitrogens with zero attached hydrogens (tertiary/aromatic N) is 3. The average molecular weight is 292 g/mol. The first-order valence-corrected chi connectivity index (χ1v) is 7.28. The number of carbonyl (C=O) groups is 1. The van der Waals surface area contributed by atoms with Gasteiger partial charge in [-0.25, -0.2) is 0 Å². The minimum absolute atomic E-state index is 0.0791. The number of amides is 1. The maximum Gasteiger partial charge on any atom is 0.240 e. The monoisotopic (exact) mass is 292 g/mol. The molecular formula is C15H24N4O2. The Morgan fingerprint density at radius 2 is 1.76 bits per heavy atom. The molecule has 1 fully saturated rings. The van der Waals surface area contributed by atoms with Crippen molar-refractivity contribution < 1.29 is 9.90 Å². The van der Waals surface area contributed by atoms with Crippen molar-refractivity contribution in [2.24, 2.45) is 0 Å². The molecule has 0 aliphatic carbocycles. The van der Waals surface area contributed by atoms with Crippen LogP contribution in [0.5, 0.6) is 0 Å². The molecule has 0 aromatic heterocycles. The van der Waals surface area contributed by atoms with Crippen LogP contribution in [0.4, 0.5) is 11.4 Å². The van der Waals surface area contributed by atoms with Gasteiger partial charge in [0.25, 0.3) is 0 Å². The van der Waals surface area contributed by atoms with E-state index in [1.54, 1.807) is 24.1 Å². The van der Waals surface area contributed by atoms with Gasteiger partial charge >= 0.3 is 0 Å². The highest BCUT2D eigenvalue weighted by molar-refractivity contribution is 5.94. The number of piperazine rings is 1. The Balaban J connectivity index is 1.83. The molecule has 1 heterocycles. The van der Waals surface area contributed by atoms with Crippen LogP contribution in [0.1, 0.15) is 0 Å². The third-order valence-corrected chi connectivity index (χ3v) is 3.89. The lowest BCUT2D eigenvalue weighted by Crippen LogP contribution is -2.50. The number of β-amino-alcohol motifs (C(OH)–C–C–N with tert-alkyl or cyclic N) is 1. The van der Waals surface area contributed by atoms with Gasteiger partial charge in [-0.05, 0) is 24.3 Å². The number of benzene rings is 1. The van der Waals surface area contributed by atoms with E-state index in [0.29, 0.717) is 18.8 Å². The Morgan fingerprint density at radius 1 is 1.19 bits per heavy atom. The zero-order valence-electron chi connectivity index (χ0n) is 12.5.